The number of fused-ring (bicyclic) bond motifs is 1. The number of carbonyl (C=O) groups is 1. The van der Waals surface area contributed by atoms with Gasteiger partial charge in [-0.15, -0.1) is 0 Å². The lowest BCUT2D eigenvalue weighted by Gasteiger charge is -2.08. The molecule has 2 aromatic carbocycles. The Morgan fingerprint density at radius 2 is 1.80 bits per heavy atom. The molecule has 1 aromatic heterocycles. The molecule has 98 valence electrons. The Morgan fingerprint density at radius 3 is 2.65 bits per heavy atom. The molecule has 0 fully saturated rings. The molecule has 0 atom stereocenters. The smallest absolute Gasteiger partial charge is 0.195 e. The average Bonchev–Trinajstić information content (AvgIpc) is 2.49. The summed E-state index contributed by atoms with van der Waals surface area (Å²) in [7, 11) is 0. The number of hydrogen-bond donors (Lipinski definition) is 0. The Balaban J connectivity index is 2.21. The van der Waals surface area contributed by atoms with Crippen molar-refractivity contribution in [2.75, 3.05) is 0 Å². The molecular weight excluding hydrogens is 314 g/mol. The van der Waals surface area contributed by atoms with Gasteiger partial charge in [-0.1, -0.05) is 52.3 Å². The van der Waals surface area contributed by atoms with E-state index in [1.807, 2.05) is 49.4 Å². The van der Waals surface area contributed by atoms with Crippen LogP contribution in [-0.2, 0) is 0 Å². The van der Waals surface area contributed by atoms with Gasteiger partial charge in [-0.05, 0) is 23.9 Å². The molecule has 0 radical (unpaired) electrons. The first-order valence-corrected chi connectivity index (χ1v) is 7.10. The summed E-state index contributed by atoms with van der Waals surface area (Å²) < 4.78 is 0.941. The van der Waals surface area contributed by atoms with Crippen molar-refractivity contribution < 1.29 is 4.79 Å². The molecule has 2 nitrogen and oxygen atoms in total. The molecule has 0 bridgehead atoms. The van der Waals surface area contributed by atoms with Gasteiger partial charge < -0.3 is 0 Å². The first-order chi connectivity index (χ1) is 9.68. The third kappa shape index (κ3) is 2.14. The van der Waals surface area contributed by atoms with Gasteiger partial charge >= 0.3 is 0 Å². The lowest BCUT2D eigenvalue weighted by atomic mass is 9.97. The number of rotatable bonds is 2. The highest BCUT2D eigenvalue weighted by atomic mass is 79.9. The standard InChI is InChI=1S/C17H12BrNO/c1-11-13(7-4-8-16(11)18)17(20)15-10-19-9-12-5-2-3-6-14(12)15/h2-10H,1H3. The Bertz CT molecular complexity index is 806. The summed E-state index contributed by atoms with van der Waals surface area (Å²) in [4.78, 5) is 17.0. The molecule has 3 heteroatoms. The third-order valence-electron chi connectivity index (χ3n) is 3.43. The van der Waals surface area contributed by atoms with Gasteiger partial charge in [0.2, 0.25) is 0 Å². The highest BCUT2D eigenvalue weighted by Crippen LogP contribution is 2.25. The van der Waals surface area contributed by atoms with E-state index >= 15 is 0 Å². The van der Waals surface area contributed by atoms with E-state index < -0.39 is 0 Å². The Morgan fingerprint density at radius 1 is 1.00 bits per heavy atom. The molecule has 0 aliphatic carbocycles. The summed E-state index contributed by atoms with van der Waals surface area (Å²) in [6.45, 7) is 1.94. The average molecular weight is 326 g/mol. The van der Waals surface area contributed by atoms with Crippen LogP contribution < -0.4 is 0 Å². The van der Waals surface area contributed by atoms with Gasteiger partial charge in [0.05, 0.1) is 0 Å². The van der Waals surface area contributed by atoms with Crippen LogP contribution in [0.25, 0.3) is 10.8 Å². The Labute approximate surface area is 125 Å². The maximum absolute atomic E-state index is 12.8. The lowest BCUT2D eigenvalue weighted by Crippen LogP contribution is -2.05. The number of halogens is 1. The van der Waals surface area contributed by atoms with Crippen LogP contribution in [0.5, 0.6) is 0 Å². The van der Waals surface area contributed by atoms with Crippen molar-refractivity contribution in [1.29, 1.82) is 0 Å². The van der Waals surface area contributed by atoms with Crippen LogP contribution in [0.4, 0.5) is 0 Å². The van der Waals surface area contributed by atoms with E-state index in [0.717, 1.165) is 20.8 Å². The molecule has 20 heavy (non-hydrogen) atoms. The minimum absolute atomic E-state index is 0.00750. The largest absolute Gasteiger partial charge is 0.289 e. The summed E-state index contributed by atoms with van der Waals surface area (Å²) >= 11 is 3.47. The lowest BCUT2D eigenvalue weighted by molar-refractivity contribution is 0.103. The van der Waals surface area contributed by atoms with Crippen molar-refractivity contribution >= 4 is 32.5 Å². The zero-order chi connectivity index (χ0) is 14.1. The molecule has 0 amide bonds. The van der Waals surface area contributed by atoms with Crippen molar-refractivity contribution in [2.24, 2.45) is 0 Å². The Kier molecular flexibility index (Phi) is 3.36. The van der Waals surface area contributed by atoms with E-state index in [4.69, 9.17) is 0 Å². The number of ketones is 1. The molecule has 3 rings (SSSR count). The third-order valence-corrected chi connectivity index (χ3v) is 4.28. The van der Waals surface area contributed by atoms with E-state index in [2.05, 4.69) is 20.9 Å². The van der Waals surface area contributed by atoms with E-state index in [0.29, 0.717) is 11.1 Å². The quantitative estimate of drug-likeness (QED) is 0.647. The zero-order valence-corrected chi connectivity index (χ0v) is 12.5. The predicted molar refractivity (Wildman–Crippen MR) is 84.1 cm³/mol. The molecule has 3 aromatic rings. The van der Waals surface area contributed by atoms with Crippen LogP contribution in [-0.4, -0.2) is 10.8 Å². The van der Waals surface area contributed by atoms with Crippen LogP contribution >= 0.6 is 15.9 Å². The van der Waals surface area contributed by atoms with Gasteiger partial charge in [-0.25, -0.2) is 0 Å². The van der Waals surface area contributed by atoms with Gasteiger partial charge in [0, 0.05) is 33.4 Å². The first-order valence-electron chi connectivity index (χ1n) is 6.31. The molecule has 0 saturated heterocycles. The normalized spacial score (nSPS) is 10.7. The van der Waals surface area contributed by atoms with E-state index in [1.54, 1.807) is 12.4 Å². The fourth-order valence-corrected chi connectivity index (χ4v) is 2.66. The van der Waals surface area contributed by atoms with E-state index in [1.165, 1.54) is 0 Å². The van der Waals surface area contributed by atoms with Gasteiger partial charge in [-0.3, -0.25) is 9.78 Å². The maximum atomic E-state index is 12.8. The van der Waals surface area contributed by atoms with Crippen LogP contribution in [0, 0.1) is 6.92 Å². The zero-order valence-electron chi connectivity index (χ0n) is 10.9. The van der Waals surface area contributed by atoms with Crippen LogP contribution in [0.3, 0.4) is 0 Å². The second-order valence-corrected chi connectivity index (χ2v) is 5.50. The second kappa shape index (κ2) is 5.17. The van der Waals surface area contributed by atoms with Crippen molar-refractivity contribution in [2.45, 2.75) is 6.92 Å². The van der Waals surface area contributed by atoms with Gasteiger partial charge in [-0.2, -0.15) is 0 Å². The van der Waals surface area contributed by atoms with Crippen molar-refractivity contribution in [1.82, 2.24) is 4.98 Å². The number of pyridine rings is 1. The van der Waals surface area contributed by atoms with E-state index in [-0.39, 0.29) is 5.78 Å². The van der Waals surface area contributed by atoms with Gasteiger partial charge in [0.25, 0.3) is 0 Å². The van der Waals surface area contributed by atoms with Gasteiger partial charge in [0.1, 0.15) is 0 Å². The molecule has 0 unspecified atom stereocenters. The number of benzene rings is 2. The summed E-state index contributed by atoms with van der Waals surface area (Å²) in [5.74, 6) is 0.00750. The summed E-state index contributed by atoms with van der Waals surface area (Å²) in [5.41, 5.74) is 2.30. The van der Waals surface area contributed by atoms with E-state index in [9.17, 15) is 4.79 Å². The van der Waals surface area contributed by atoms with Crippen molar-refractivity contribution in [3.05, 3.63) is 76.0 Å². The highest BCUT2D eigenvalue weighted by molar-refractivity contribution is 9.10. The second-order valence-electron chi connectivity index (χ2n) is 4.65. The Hall–Kier alpha value is -2.00. The van der Waals surface area contributed by atoms with Crippen LogP contribution in [0.1, 0.15) is 21.5 Å². The van der Waals surface area contributed by atoms with Crippen molar-refractivity contribution in [3.63, 3.8) is 0 Å². The minimum atomic E-state index is 0.00750. The molecular formula is C17H12BrNO. The summed E-state index contributed by atoms with van der Waals surface area (Å²) in [6, 6.07) is 13.5. The number of hydrogen-bond acceptors (Lipinski definition) is 2. The summed E-state index contributed by atoms with van der Waals surface area (Å²) in [5, 5.41) is 1.91. The van der Waals surface area contributed by atoms with Crippen molar-refractivity contribution in [3.8, 4) is 0 Å². The number of carbonyl (C=O) groups excluding carboxylic acids is 1. The molecule has 0 saturated carbocycles. The first kappa shape index (κ1) is 13.0. The molecule has 0 N–H and O–H groups in total. The predicted octanol–water partition coefficient (Wildman–Crippen LogP) is 4.54. The molecule has 0 aliphatic heterocycles. The fourth-order valence-electron chi connectivity index (χ4n) is 2.30. The molecule has 1 heterocycles. The minimum Gasteiger partial charge on any atom is -0.289 e. The summed E-state index contributed by atoms with van der Waals surface area (Å²) in [6.07, 6.45) is 3.42. The maximum Gasteiger partial charge on any atom is 0.195 e. The van der Waals surface area contributed by atoms with Crippen LogP contribution in [0.2, 0.25) is 0 Å². The number of nitrogens with zero attached hydrogens (tertiary/aromatic N) is 1. The molecule has 0 aliphatic rings. The monoisotopic (exact) mass is 325 g/mol. The highest BCUT2D eigenvalue weighted by Gasteiger charge is 2.15. The molecule has 0 spiro atoms. The topological polar surface area (TPSA) is 30.0 Å². The SMILES string of the molecule is Cc1c(Br)cccc1C(=O)c1cncc2ccccc12. The fraction of sp³-hybridized carbons (Fsp3) is 0.0588. The van der Waals surface area contributed by atoms with Crippen LogP contribution in [0.15, 0.2) is 59.3 Å². The number of aromatic nitrogens is 1. The van der Waals surface area contributed by atoms with Gasteiger partial charge in [0.15, 0.2) is 5.78 Å².